The zero-order chi connectivity index (χ0) is 9.97. The second-order valence-corrected chi connectivity index (χ2v) is 2.90. The van der Waals surface area contributed by atoms with Gasteiger partial charge in [0.1, 0.15) is 0 Å². The Labute approximate surface area is 80.9 Å². The fourth-order valence-corrected chi connectivity index (χ4v) is 1.04. The SMILES string of the molecule is Cc1cc(Oc2ccncc2N)n[nH]1. The first-order valence-corrected chi connectivity index (χ1v) is 4.15. The van der Waals surface area contributed by atoms with Gasteiger partial charge >= 0.3 is 0 Å². The van der Waals surface area contributed by atoms with Crippen LogP contribution in [0.5, 0.6) is 11.6 Å². The van der Waals surface area contributed by atoms with Gasteiger partial charge in [0.05, 0.1) is 11.9 Å². The Balaban J connectivity index is 2.23. The van der Waals surface area contributed by atoms with E-state index in [0.717, 1.165) is 5.69 Å². The summed E-state index contributed by atoms with van der Waals surface area (Å²) in [5, 5.41) is 6.71. The molecule has 0 amide bonds. The third-order valence-electron chi connectivity index (χ3n) is 1.71. The van der Waals surface area contributed by atoms with E-state index < -0.39 is 0 Å². The highest BCUT2D eigenvalue weighted by molar-refractivity contribution is 5.50. The van der Waals surface area contributed by atoms with E-state index in [1.54, 1.807) is 18.3 Å². The number of aromatic amines is 1. The predicted molar refractivity (Wildman–Crippen MR) is 52.0 cm³/mol. The van der Waals surface area contributed by atoms with Crippen LogP contribution in [0.25, 0.3) is 0 Å². The molecule has 5 heteroatoms. The molecule has 0 spiro atoms. The molecule has 0 bridgehead atoms. The van der Waals surface area contributed by atoms with Crippen molar-refractivity contribution in [3.63, 3.8) is 0 Å². The molecule has 14 heavy (non-hydrogen) atoms. The highest BCUT2D eigenvalue weighted by Gasteiger charge is 2.03. The maximum absolute atomic E-state index is 5.65. The molecule has 0 aliphatic carbocycles. The zero-order valence-electron chi connectivity index (χ0n) is 7.69. The number of hydrogen-bond acceptors (Lipinski definition) is 4. The Hall–Kier alpha value is -2.04. The van der Waals surface area contributed by atoms with Gasteiger partial charge in [-0.25, -0.2) is 0 Å². The van der Waals surface area contributed by atoms with Gasteiger partial charge in [-0.05, 0) is 6.92 Å². The molecule has 2 aromatic rings. The van der Waals surface area contributed by atoms with Crippen molar-refractivity contribution in [2.45, 2.75) is 6.92 Å². The van der Waals surface area contributed by atoms with Gasteiger partial charge in [-0.1, -0.05) is 0 Å². The summed E-state index contributed by atoms with van der Waals surface area (Å²) in [4.78, 5) is 3.86. The summed E-state index contributed by atoms with van der Waals surface area (Å²) in [6.07, 6.45) is 3.15. The third kappa shape index (κ3) is 1.66. The Morgan fingerprint density at radius 1 is 1.50 bits per heavy atom. The lowest BCUT2D eigenvalue weighted by Crippen LogP contribution is -1.92. The summed E-state index contributed by atoms with van der Waals surface area (Å²) in [5.74, 6) is 1.06. The quantitative estimate of drug-likeness (QED) is 0.752. The van der Waals surface area contributed by atoms with Gasteiger partial charge in [-0.3, -0.25) is 10.1 Å². The van der Waals surface area contributed by atoms with Crippen LogP contribution in [-0.4, -0.2) is 15.2 Å². The normalized spacial score (nSPS) is 10.1. The number of nitrogens with one attached hydrogen (secondary N) is 1. The first-order chi connectivity index (χ1) is 6.75. The summed E-state index contributed by atoms with van der Waals surface area (Å²) in [5.41, 5.74) is 7.08. The van der Waals surface area contributed by atoms with Crippen LogP contribution >= 0.6 is 0 Å². The van der Waals surface area contributed by atoms with E-state index in [1.165, 1.54) is 6.20 Å². The van der Waals surface area contributed by atoms with Crippen molar-refractivity contribution >= 4 is 5.69 Å². The van der Waals surface area contributed by atoms with Crippen molar-refractivity contribution in [3.05, 3.63) is 30.2 Å². The van der Waals surface area contributed by atoms with Crippen LogP contribution in [-0.2, 0) is 0 Å². The van der Waals surface area contributed by atoms with E-state index in [2.05, 4.69) is 15.2 Å². The Morgan fingerprint density at radius 3 is 3.00 bits per heavy atom. The van der Waals surface area contributed by atoms with E-state index in [-0.39, 0.29) is 0 Å². The van der Waals surface area contributed by atoms with Gasteiger partial charge in [0.2, 0.25) is 5.88 Å². The van der Waals surface area contributed by atoms with Crippen LogP contribution in [0.3, 0.4) is 0 Å². The van der Waals surface area contributed by atoms with E-state index in [0.29, 0.717) is 17.3 Å². The van der Waals surface area contributed by atoms with Crippen molar-refractivity contribution in [1.82, 2.24) is 15.2 Å². The minimum atomic E-state index is 0.494. The predicted octanol–water partition coefficient (Wildman–Crippen LogP) is 1.49. The van der Waals surface area contributed by atoms with Crippen LogP contribution in [0.4, 0.5) is 5.69 Å². The fourth-order valence-electron chi connectivity index (χ4n) is 1.04. The molecular weight excluding hydrogens is 180 g/mol. The lowest BCUT2D eigenvalue weighted by atomic mass is 10.4. The zero-order valence-corrected chi connectivity index (χ0v) is 7.69. The molecule has 3 N–H and O–H groups in total. The molecule has 72 valence electrons. The van der Waals surface area contributed by atoms with E-state index in [9.17, 15) is 0 Å². The smallest absolute Gasteiger partial charge is 0.238 e. The Kier molecular flexibility index (Phi) is 2.06. The maximum atomic E-state index is 5.65. The highest BCUT2D eigenvalue weighted by atomic mass is 16.5. The van der Waals surface area contributed by atoms with Crippen LogP contribution in [0.1, 0.15) is 5.69 Å². The minimum absolute atomic E-state index is 0.494. The summed E-state index contributed by atoms with van der Waals surface area (Å²) < 4.78 is 5.42. The fraction of sp³-hybridized carbons (Fsp3) is 0.111. The molecule has 0 unspecified atom stereocenters. The number of pyridine rings is 1. The van der Waals surface area contributed by atoms with Gasteiger partial charge in [0.25, 0.3) is 0 Å². The van der Waals surface area contributed by atoms with Crippen LogP contribution < -0.4 is 10.5 Å². The molecule has 0 saturated heterocycles. The van der Waals surface area contributed by atoms with Gasteiger partial charge in [0, 0.05) is 24.0 Å². The van der Waals surface area contributed by atoms with Crippen molar-refractivity contribution < 1.29 is 4.74 Å². The molecule has 2 aromatic heterocycles. The Morgan fingerprint density at radius 2 is 2.36 bits per heavy atom. The molecule has 0 aromatic carbocycles. The number of aromatic nitrogens is 3. The average Bonchev–Trinajstić information content (AvgIpc) is 2.56. The first kappa shape index (κ1) is 8.55. The van der Waals surface area contributed by atoms with Gasteiger partial charge < -0.3 is 10.5 Å². The highest BCUT2D eigenvalue weighted by Crippen LogP contribution is 2.24. The Bertz CT molecular complexity index is 438. The number of anilines is 1. The molecule has 2 heterocycles. The van der Waals surface area contributed by atoms with Crippen molar-refractivity contribution in [1.29, 1.82) is 0 Å². The molecule has 2 rings (SSSR count). The number of H-pyrrole nitrogens is 1. The molecule has 0 fully saturated rings. The van der Waals surface area contributed by atoms with Crippen molar-refractivity contribution in [2.75, 3.05) is 5.73 Å². The summed E-state index contributed by atoms with van der Waals surface area (Å²) in [6, 6.07) is 3.49. The lowest BCUT2D eigenvalue weighted by Gasteiger charge is -2.03. The lowest BCUT2D eigenvalue weighted by molar-refractivity contribution is 0.463. The van der Waals surface area contributed by atoms with Crippen molar-refractivity contribution in [3.8, 4) is 11.6 Å². The van der Waals surface area contributed by atoms with E-state index in [1.807, 2.05) is 6.92 Å². The second-order valence-electron chi connectivity index (χ2n) is 2.90. The number of nitrogens with zero attached hydrogens (tertiary/aromatic N) is 2. The number of rotatable bonds is 2. The van der Waals surface area contributed by atoms with Crippen LogP contribution in [0.15, 0.2) is 24.5 Å². The maximum Gasteiger partial charge on any atom is 0.238 e. The van der Waals surface area contributed by atoms with E-state index in [4.69, 9.17) is 10.5 Å². The molecule has 0 aliphatic heterocycles. The number of nitrogen functional groups attached to an aromatic ring is 1. The average molecular weight is 190 g/mol. The summed E-state index contributed by atoms with van der Waals surface area (Å²) >= 11 is 0. The molecular formula is C9H10N4O. The monoisotopic (exact) mass is 190 g/mol. The summed E-state index contributed by atoms with van der Waals surface area (Å²) in [6.45, 7) is 1.90. The molecule has 0 aliphatic rings. The standard InChI is InChI=1S/C9H10N4O/c1-6-4-9(13-12-6)14-8-2-3-11-5-7(8)10/h2-5H,10H2,1H3,(H,12,13). The number of aryl methyl sites for hydroxylation is 1. The molecule has 0 atom stereocenters. The third-order valence-corrected chi connectivity index (χ3v) is 1.71. The first-order valence-electron chi connectivity index (χ1n) is 4.15. The van der Waals surface area contributed by atoms with E-state index >= 15 is 0 Å². The molecule has 0 saturated carbocycles. The largest absolute Gasteiger partial charge is 0.435 e. The second kappa shape index (κ2) is 3.37. The van der Waals surface area contributed by atoms with Gasteiger partial charge in [-0.2, -0.15) is 0 Å². The van der Waals surface area contributed by atoms with Gasteiger partial charge in [0.15, 0.2) is 5.75 Å². The van der Waals surface area contributed by atoms with Crippen LogP contribution in [0, 0.1) is 6.92 Å². The summed E-state index contributed by atoms with van der Waals surface area (Å²) in [7, 11) is 0. The van der Waals surface area contributed by atoms with Crippen molar-refractivity contribution in [2.24, 2.45) is 0 Å². The topological polar surface area (TPSA) is 76.8 Å². The van der Waals surface area contributed by atoms with Gasteiger partial charge in [-0.15, -0.1) is 5.10 Å². The molecule has 5 nitrogen and oxygen atoms in total. The number of hydrogen-bond donors (Lipinski definition) is 2. The molecule has 0 radical (unpaired) electrons. The van der Waals surface area contributed by atoms with Crippen LogP contribution in [0.2, 0.25) is 0 Å². The number of nitrogens with two attached hydrogens (primary N) is 1. The number of ether oxygens (including phenoxy) is 1. The minimum Gasteiger partial charge on any atom is -0.435 e.